The number of Topliss-reactive ketones (excluding diaryl/α,β-unsaturated/α-hetero) is 1. The molecule has 2 aromatic carbocycles. The molecule has 0 bridgehead atoms. The highest BCUT2D eigenvalue weighted by atomic mass is 28.3. The molecule has 1 atom stereocenters. The van der Waals surface area contributed by atoms with Gasteiger partial charge in [0.05, 0.1) is 11.5 Å². The van der Waals surface area contributed by atoms with Crippen LogP contribution in [0.4, 0.5) is 0 Å². The normalized spacial score (nSPS) is 19.0. The van der Waals surface area contributed by atoms with E-state index in [0.717, 1.165) is 24.8 Å². The number of carbonyl (C=O) groups is 1. The lowest BCUT2D eigenvalue weighted by Gasteiger charge is -2.14. The average molecular weight is 389 g/mol. The Morgan fingerprint density at radius 1 is 0.893 bits per heavy atom. The monoisotopic (exact) mass is 388 g/mol. The molecule has 4 heteroatoms. The number of nitrogens with zero attached hydrogens (tertiary/aromatic N) is 2. The van der Waals surface area contributed by atoms with Crippen molar-refractivity contribution in [3.63, 3.8) is 0 Å². The van der Waals surface area contributed by atoms with E-state index >= 15 is 0 Å². The number of ketones is 1. The molecular formula is C24H28N2OSi. The van der Waals surface area contributed by atoms with Crippen LogP contribution in [0.3, 0.4) is 0 Å². The maximum Gasteiger partial charge on any atom is 0.164 e. The molecule has 0 radical (unpaired) electrons. The van der Waals surface area contributed by atoms with Gasteiger partial charge in [0.2, 0.25) is 0 Å². The van der Waals surface area contributed by atoms with Gasteiger partial charge in [-0.1, -0.05) is 68.2 Å². The lowest BCUT2D eigenvalue weighted by molar-refractivity contribution is 0.0994. The Morgan fingerprint density at radius 3 is 2.04 bits per heavy atom. The van der Waals surface area contributed by atoms with E-state index in [0.29, 0.717) is 12.2 Å². The summed E-state index contributed by atoms with van der Waals surface area (Å²) < 4.78 is 0. The van der Waals surface area contributed by atoms with E-state index < -0.39 is 8.07 Å². The first-order valence-electron chi connectivity index (χ1n) is 9.72. The van der Waals surface area contributed by atoms with Gasteiger partial charge in [-0.15, -0.1) is 0 Å². The number of benzene rings is 2. The highest BCUT2D eigenvalue weighted by Crippen LogP contribution is 2.37. The van der Waals surface area contributed by atoms with Crippen LogP contribution in [0.2, 0.25) is 19.6 Å². The molecule has 0 amide bonds. The molecule has 2 aliphatic rings. The summed E-state index contributed by atoms with van der Waals surface area (Å²) in [4.78, 5) is 11.1. The van der Waals surface area contributed by atoms with Crippen molar-refractivity contribution in [3.05, 3.63) is 70.8 Å². The first-order valence-corrected chi connectivity index (χ1v) is 13.2. The summed E-state index contributed by atoms with van der Waals surface area (Å²) in [5.74, 6) is 0.301. The number of hydrogen-bond donors (Lipinski definition) is 0. The quantitative estimate of drug-likeness (QED) is 0.550. The van der Waals surface area contributed by atoms with Crippen LogP contribution >= 0.6 is 0 Å². The molecule has 0 saturated carbocycles. The smallest absolute Gasteiger partial charge is 0.164 e. The zero-order valence-electron chi connectivity index (χ0n) is 17.2. The van der Waals surface area contributed by atoms with Crippen molar-refractivity contribution in [3.8, 4) is 11.8 Å². The second-order valence-corrected chi connectivity index (χ2v) is 13.3. The largest absolute Gasteiger partial charge is 0.294 e. The number of carbonyl (C=O) groups excluding carboxylic acids is 1. The molecule has 3 nitrogen and oxygen atoms in total. The van der Waals surface area contributed by atoms with Gasteiger partial charge in [-0.25, -0.2) is 5.26 Å². The second kappa shape index (κ2) is 9.00. The molecule has 0 aromatic heterocycles. The van der Waals surface area contributed by atoms with Gasteiger partial charge in [-0.2, -0.15) is 5.26 Å². The maximum atomic E-state index is 11.1. The van der Waals surface area contributed by atoms with E-state index in [1.54, 1.807) is 0 Å². The first kappa shape index (κ1) is 21.6. The highest BCUT2D eigenvalue weighted by Gasteiger charge is 2.33. The number of rotatable bonds is 0. The van der Waals surface area contributed by atoms with E-state index in [2.05, 4.69) is 23.9 Å². The predicted octanol–water partition coefficient (Wildman–Crippen LogP) is 5.62. The van der Waals surface area contributed by atoms with Crippen molar-refractivity contribution in [2.24, 2.45) is 0 Å². The van der Waals surface area contributed by atoms with Crippen LogP contribution in [0.1, 0.15) is 46.8 Å². The van der Waals surface area contributed by atoms with Crippen molar-refractivity contribution < 1.29 is 4.79 Å². The summed E-state index contributed by atoms with van der Waals surface area (Å²) in [5, 5.41) is 17.2. The van der Waals surface area contributed by atoms with Gasteiger partial charge < -0.3 is 0 Å². The fraction of sp³-hybridized carbons (Fsp3) is 0.375. The third-order valence-corrected chi connectivity index (χ3v) is 5.70. The average Bonchev–Trinajstić information content (AvgIpc) is 3.24. The van der Waals surface area contributed by atoms with Gasteiger partial charge in [0.1, 0.15) is 0 Å². The van der Waals surface area contributed by atoms with Crippen LogP contribution in [0.5, 0.6) is 0 Å². The Hall–Kier alpha value is -2.69. The molecule has 0 N–H and O–H groups in total. The van der Waals surface area contributed by atoms with E-state index in [1.807, 2.05) is 63.0 Å². The SMILES string of the molecule is CC1(C#N)CCc2ccccc21.C[Si](C)(C)C#N.O=C1CCc2ccccc21. The topological polar surface area (TPSA) is 64.7 Å². The van der Waals surface area contributed by atoms with Gasteiger partial charge in [0, 0.05) is 17.7 Å². The summed E-state index contributed by atoms with van der Waals surface area (Å²) in [6, 6.07) is 18.5. The Morgan fingerprint density at radius 2 is 1.46 bits per heavy atom. The van der Waals surface area contributed by atoms with Gasteiger partial charge in [0.25, 0.3) is 0 Å². The Bertz CT molecular complexity index is 931. The molecule has 0 heterocycles. The maximum absolute atomic E-state index is 11.1. The third kappa shape index (κ3) is 5.41. The summed E-state index contributed by atoms with van der Waals surface area (Å²) in [7, 11) is -1.33. The van der Waals surface area contributed by atoms with Crippen LogP contribution in [-0.4, -0.2) is 13.9 Å². The van der Waals surface area contributed by atoms with Crippen molar-refractivity contribution in [1.29, 1.82) is 10.5 Å². The summed E-state index contributed by atoms with van der Waals surface area (Å²) in [5.41, 5.74) is 6.74. The third-order valence-electron chi connectivity index (χ3n) is 5.03. The van der Waals surface area contributed by atoms with Gasteiger partial charge in [-0.05, 0) is 42.9 Å². The molecule has 0 aliphatic heterocycles. The van der Waals surface area contributed by atoms with E-state index in [-0.39, 0.29) is 5.41 Å². The molecule has 0 fully saturated rings. The van der Waals surface area contributed by atoms with E-state index in [9.17, 15) is 4.79 Å². The van der Waals surface area contributed by atoms with Crippen LogP contribution < -0.4 is 0 Å². The van der Waals surface area contributed by atoms with Crippen molar-refractivity contribution in [2.75, 3.05) is 0 Å². The van der Waals surface area contributed by atoms with Crippen molar-refractivity contribution in [1.82, 2.24) is 0 Å². The molecule has 1 unspecified atom stereocenters. The summed E-state index contributed by atoms with van der Waals surface area (Å²) in [6.07, 6.45) is 3.68. The number of nitriles is 2. The fourth-order valence-corrected chi connectivity index (χ4v) is 3.31. The van der Waals surface area contributed by atoms with Gasteiger partial charge in [-0.3, -0.25) is 4.79 Å². The molecule has 2 aromatic rings. The van der Waals surface area contributed by atoms with Crippen LogP contribution in [0.25, 0.3) is 0 Å². The molecule has 0 spiro atoms. The standard InChI is InChI=1S/C11H11N.C9H8O.C4H9NSi/c1-11(8-12)7-6-9-4-2-3-5-10(9)11;10-9-6-5-7-3-1-2-4-8(7)9;1-6(2,3)4-5/h2-5H,6-7H2,1H3;1-4H,5-6H2;1-3H3. The predicted molar refractivity (Wildman–Crippen MR) is 116 cm³/mol. The van der Waals surface area contributed by atoms with E-state index in [1.165, 1.54) is 16.7 Å². The zero-order chi connectivity index (χ0) is 20.8. The number of fused-ring (bicyclic) bond motifs is 2. The number of hydrogen-bond acceptors (Lipinski definition) is 3. The van der Waals surface area contributed by atoms with Crippen LogP contribution in [0.15, 0.2) is 48.5 Å². The van der Waals surface area contributed by atoms with Crippen LogP contribution in [0, 0.1) is 22.3 Å². The molecular weight excluding hydrogens is 360 g/mol. The summed E-state index contributed by atoms with van der Waals surface area (Å²) in [6.45, 7) is 8.09. The van der Waals surface area contributed by atoms with Crippen molar-refractivity contribution >= 4 is 13.9 Å². The fourth-order valence-electron chi connectivity index (χ4n) is 3.31. The molecule has 2 aliphatic carbocycles. The lowest BCUT2D eigenvalue weighted by Crippen LogP contribution is -2.15. The zero-order valence-corrected chi connectivity index (χ0v) is 18.2. The highest BCUT2D eigenvalue weighted by molar-refractivity contribution is 6.83. The van der Waals surface area contributed by atoms with E-state index in [4.69, 9.17) is 10.5 Å². The lowest BCUT2D eigenvalue weighted by atomic mass is 9.86. The second-order valence-electron chi connectivity index (χ2n) is 8.54. The van der Waals surface area contributed by atoms with Gasteiger partial charge in [0.15, 0.2) is 13.9 Å². The first-order chi connectivity index (χ1) is 13.2. The molecule has 4 rings (SSSR count). The Labute approximate surface area is 169 Å². The minimum Gasteiger partial charge on any atom is -0.294 e. The van der Waals surface area contributed by atoms with Crippen molar-refractivity contribution in [2.45, 2.75) is 57.7 Å². The Balaban J connectivity index is 0.000000160. The summed E-state index contributed by atoms with van der Waals surface area (Å²) >= 11 is 0. The molecule has 144 valence electrons. The molecule has 0 saturated heterocycles. The minimum absolute atomic E-state index is 0.226. The van der Waals surface area contributed by atoms with Gasteiger partial charge >= 0.3 is 0 Å². The Kier molecular flexibility index (Phi) is 6.94. The van der Waals surface area contributed by atoms with Crippen LogP contribution in [-0.2, 0) is 18.3 Å². The number of aryl methyl sites for hydroxylation is 2. The minimum atomic E-state index is -1.33. The molecule has 28 heavy (non-hydrogen) atoms.